The summed E-state index contributed by atoms with van der Waals surface area (Å²) in [5.74, 6) is 0. The zero-order valence-corrected chi connectivity index (χ0v) is 10.7. The lowest BCUT2D eigenvalue weighted by Crippen LogP contribution is -2.24. The van der Waals surface area contributed by atoms with E-state index in [1.807, 2.05) is 18.5 Å². The molecule has 2 heteroatoms. The van der Waals surface area contributed by atoms with Gasteiger partial charge in [-0.05, 0) is 50.3 Å². The van der Waals surface area contributed by atoms with Crippen molar-refractivity contribution in [3.63, 3.8) is 0 Å². The summed E-state index contributed by atoms with van der Waals surface area (Å²) in [6, 6.07) is 4.58. The maximum Gasteiger partial charge on any atom is 0.0551 e. The van der Waals surface area contributed by atoms with E-state index in [-0.39, 0.29) is 0 Å². The normalized spacial score (nSPS) is 17.6. The summed E-state index contributed by atoms with van der Waals surface area (Å²) in [7, 11) is 0. The van der Waals surface area contributed by atoms with Crippen LogP contribution >= 0.6 is 0 Å². The van der Waals surface area contributed by atoms with Gasteiger partial charge in [0.2, 0.25) is 0 Å². The fourth-order valence-electron chi connectivity index (χ4n) is 2.42. The van der Waals surface area contributed by atoms with Crippen LogP contribution in [0.5, 0.6) is 0 Å². The number of allylic oxidation sites excluding steroid dienone is 1. The van der Waals surface area contributed by atoms with Crippen LogP contribution in [0.15, 0.2) is 36.2 Å². The van der Waals surface area contributed by atoms with E-state index in [1.165, 1.54) is 37.7 Å². The van der Waals surface area contributed by atoms with Crippen LogP contribution in [0.2, 0.25) is 0 Å². The summed E-state index contributed by atoms with van der Waals surface area (Å²) in [5.41, 5.74) is 2.85. The lowest BCUT2D eigenvalue weighted by molar-refractivity contribution is 0.545. The highest BCUT2D eigenvalue weighted by Crippen LogP contribution is 2.29. The summed E-state index contributed by atoms with van der Waals surface area (Å²) in [5, 5.41) is 3.65. The van der Waals surface area contributed by atoms with Gasteiger partial charge in [-0.3, -0.25) is 4.98 Å². The van der Waals surface area contributed by atoms with Gasteiger partial charge >= 0.3 is 0 Å². The van der Waals surface area contributed by atoms with E-state index < -0.39 is 0 Å². The summed E-state index contributed by atoms with van der Waals surface area (Å²) in [6.45, 7) is 3.28. The van der Waals surface area contributed by atoms with E-state index in [2.05, 4.69) is 29.4 Å². The number of rotatable bonds is 5. The fourth-order valence-corrected chi connectivity index (χ4v) is 2.42. The summed E-state index contributed by atoms with van der Waals surface area (Å²) in [4.78, 5) is 4.24. The smallest absolute Gasteiger partial charge is 0.0551 e. The molecule has 1 N–H and O–H groups in total. The van der Waals surface area contributed by atoms with Gasteiger partial charge in [-0.1, -0.05) is 24.6 Å². The first kappa shape index (κ1) is 12.3. The van der Waals surface area contributed by atoms with Gasteiger partial charge in [0.25, 0.3) is 0 Å². The number of aromatic nitrogens is 1. The van der Waals surface area contributed by atoms with Crippen LogP contribution in [0.4, 0.5) is 0 Å². The molecule has 0 aliphatic heterocycles. The van der Waals surface area contributed by atoms with Gasteiger partial charge in [-0.15, -0.1) is 0 Å². The molecule has 1 unspecified atom stereocenters. The van der Waals surface area contributed by atoms with Crippen molar-refractivity contribution in [1.29, 1.82) is 0 Å². The average Bonchev–Trinajstić information content (AvgIpc) is 2.42. The van der Waals surface area contributed by atoms with Crippen LogP contribution in [0.25, 0.3) is 0 Å². The Hall–Kier alpha value is -1.15. The monoisotopic (exact) mass is 230 g/mol. The van der Waals surface area contributed by atoms with Gasteiger partial charge in [0.1, 0.15) is 0 Å². The minimum atomic E-state index is 0.379. The standard InChI is InChI=1S/C15H22N2/c1-2-10-17-15(13-7-4-3-5-8-13)14-9-6-11-16-12-14/h6-7,9,11-12,15,17H,2-5,8,10H2,1H3. The van der Waals surface area contributed by atoms with Crippen molar-refractivity contribution in [1.82, 2.24) is 10.3 Å². The minimum absolute atomic E-state index is 0.379. The SMILES string of the molecule is CCCNC(C1=CCCCC1)c1cccnc1. The Kier molecular flexibility index (Phi) is 4.75. The Balaban J connectivity index is 2.15. The lowest BCUT2D eigenvalue weighted by atomic mass is 9.90. The molecule has 0 saturated heterocycles. The molecule has 0 radical (unpaired) electrons. The van der Waals surface area contributed by atoms with Crippen molar-refractivity contribution in [2.75, 3.05) is 6.54 Å². The summed E-state index contributed by atoms with van der Waals surface area (Å²) in [6.07, 6.45) is 12.6. The van der Waals surface area contributed by atoms with E-state index in [9.17, 15) is 0 Å². The summed E-state index contributed by atoms with van der Waals surface area (Å²) < 4.78 is 0. The van der Waals surface area contributed by atoms with Gasteiger partial charge in [0, 0.05) is 12.4 Å². The molecule has 0 fully saturated rings. The third-order valence-corrected chi connectivity index (χ3v) is 3.31. The fraction of sp³-hybridized carbons (Fsp3) is 0.533. The molecule has 0 saturated carbocycles. The summed E-state index contributed by atoms with van der Waals surface area (Å²) >= 11 is 0. The number of hydrogen-bond donors (Lipinski definition) is 1. The molecule has 1 aliphatic carbocycles. The highest BCUT2D eigenvalue weighted by Gasteiger charge is 2.17. The molecule has 2 nitrogen and oxygen atoms in total. The molecule has 1 heterocycles. The van der Waals surface area contributed by atoms with Crippen LogP contribution in [-0.2, 0) is 0 Å². The Bertz CT molecular complexity index is 356. The predicted octanol–water partition coefficient (Wildman–Crippen LogP) is 3.62. The number of pyridine rings is 1. The molecule has 1 aromatic heterocycles. The molecule has 1 aliphatic rings. The molecule has 1 aromatic rings. The highest BCUT2D eigenvalue weighted by molar-refractivity contribution is 5.26. The Morgan fingerprint density at radius 3 is 3.00 bits per heavy atom. The van der Waals surface area contributed by atoms with Crippen LogP contribution in [0.1, 0.15) is 50.6 Å². The molecule has 0 aromatic carbocycles. The van der Waals surface area contributed by atoms with Crippen LogP contribution in [-0.4, -0.2) is 11.5 Å². The second-order valence-corrected chi connectivity index (χ2v) is 4.70. The van der Waals surface area contributed by atoms with Gasteiger partial charge in [0.15, 0.2) is 0 Å². The van der Waals surface area contributed by atoms with Crippen molar-refractivity contribution < 1.29 is 0 Å². The minimum Gasteiger partial charge on any atom is -0.306 e. The average molecular weight is 230 g/mol. The third-order valence-electron chi connectivity index (χ3n) is 3.31. The van der Waals surface area contributed by atoms with Crippen molar-refractivity contribution in [2.45, 2.75) is 45.1 Å². The first-order chi connectivity index (χ1) is 8.42. The number of nitrogens with zero attached hydrogens (tertiary/aromatic N) is 1. The molecular formula is C15H22N2. The van der Waals surface area contributed by atoms with Crippen molar-refractivity contribution >= 4 is 0 Å². The van der Waals surface area contributed by atoms with E-state index in [0.717, 1.165) is 6.54 Å². The molecule has 0 amide bonds. The zero-order valence-electron chi connectivity index (χ0n) is 10.7. The molecule has 17 heavy (non-hydrogen) atoms. The van der Waals surface area contributed by atoms with Crippen LogP contribution in [0, 0.1) is 0 Å². The van der Waals surface area contributed by atoms with Crippen molar-refractivity contribution in [3.8, 4) is 0 Å². The largest absolute Gasteiger partial charge is 0.306 e. The lowest BCUT2D eigenvalue weighted by Gasteiger charge is -2.24. The Morgan fingerprint density at radius 1 is 1.41 bits per heavy atom. The Labute approximate surface area is 104 Å². The number of hydrogen-bond acceptors (Lipinski definition) is 2. The quantitative estimate of drug-likeness (QED) is 0.781. The maximum atomic E-state index is 4.24. The predicted molar refractivity (Wildman–Crippen MR) is 71.8 cm³/mol. The molecule has 92 valence electrons. The molecular weight excluding hydrogens is 208 g/mol. The van der Waals surface area contributed by atoms with Crippen LogP contribution < -0.4 is 5.32 Å². The first-order valence-corrected chi connectivity index (χ1v) is 6.74. The van der Waals surface area contributed by atoms with E-state index in [0.29, 0.717) is 6.04 Å². The topological polar surface area (TPSA) is 24.9 Å². The van der Waals surface area contributed by atoms with Crippen molar-refractivity contribution in [3.05, 3.63) is 41.7 Å². The third kappa shape index (κ3) is 3.40. The Morgan fingerprint density at radius 2 is 2.35 bits per heavy atom. The van der Waals surface area contributed by atoms with Crippen molar-refractivity contribution in [2.24, 2.45) is 0 Å². The van der Waals surface area contributed by atoms with Gasteiger partial charge in [-0.25, -0.2) is 0 Å². The van der Waals surface area contributed by atoms with Gasteiger partial charge in [-0.2, -0.15) is 0 Å². The maximum absolute atomic E-state index is 4.24. The van der Waals surface area contributed by atoms with E-state index in [4.69, 9.17) is 0 Å². The first-order valence-electron chi connectivity index (χ1n) is 6.74. The second kappa shape index (κ2) is 6.55. The molecule has 2 rings (SSSR count). The van der Waals surface area contributed by atoms with Crippen LogP contribution in [0.3, 0.4) is 0 Å². The van der Waals surface area contributed by atoms with E-state index >= 15 is 0 Å². The number of nitrogens with one attached hydrogen (secondary N) is 1. The van der Waals surface area contributed by atoms with E-state index in [1.54, 1.807) is 5.57 Å². The highest BCUT2D eigenvalue weighted by atomic mass is 14.9. The molecule has 0 spiro atoms. The zero-order chi connectivity index (χ0) is 11.9. The second-order valence-electron chi connectivity index (χ2n) is 4.70. The molecule has 0 bridgehead atoms. The van der Waals surface area contributed by atoms with Gasteiger partial charge in [0.05, 0.1) is 6.04 Å². The van der Waals surface area contributed by atoms with Gasteiger partial charge < -0.3 is 5.32 Å². The molecule has 1 atom stereocenters.